The third-order valence-corrected chi connectivity index (χ3v) is 3.71. The van der Waals surface area contributed by atoms with Crippen LogP contribution >= 0.6 is 23.5 Å². The lowest BCUT2D eigenvalue weighted by atomic mass is 10.3. The molecule has 0 aliphatic carbocycles. The average Bonchev–Trinajstić information content (AvgIpc) is 2.56. The number of aromatic nitrogens is 2. The molecule has 1 heterocycles. The molecule has 2 amide bonds. The largest absolute Gasteiger partial charge is 0.448 e. The van der Waals surface area contributed by atoms with Crippen LogP contribution in [0, 0.1) is 12.3 Å². The number of hydrogen-bond donors (Lipinski definition) is 1. The molecule has 130 valence electrons. The van der Waals surface area contributed by atoms with Crippen molar-refractivity contribution in [3.63, 3.8) is 0 Å². The van der Waals surface area contributed by atoms with E-state index < -0.39 is 17.9 Å². The molecular weight excluding hydrogens is 354 g/mol. The first-order valence-corrected chi connectivity index (χ1v) is 9.51. The van der Waals surface area contributed by atoms with Crippen LogP contribution in [-0.2, 0) is 9.47 Å². The number of amides is 2. The summed E-state index contributed by atoms with van der Waals surface area (Å²) in [7, 11) is 0. The lowest BCUT2D eigenvalue weighted by Gasteiger charge is -2.20. The van der Waals surface area contributed by atoms with Gasteiger partial charge >= 0.3 is 17.9 Å². The maximum atomic E-state index is 12.2. The number of thioether (sulfide) groups is 2. The molecule has 0 unspecified atom stereocenters. The Hall–Kier alpha value is -2.12. The fourth-order valence-corrected chi connectivity index (χ4v) is 1.98. The molecule has 1 rings (SSSR count). The van der Waals surface area contributed by atoms with Crippen molar-refractivity contribution in [2.45, 2.75) is 0 Å². The minimum atomic E-state index is -0.989. The number of carbonyl (C=O) groups excluding carboxylic acids is 2. The SMILES string of the molecule is C#Cc1cnc(=O)[nH]c1N(C(=O)OCCSC)C(=O)OCCSC. The van der Waals surface area contributed by atoms with Gasteiger partial charge in [-0.1, -0.05) is 5.92 Å². The van der Waals surface area contributed by atoms with Gasteiger partial charge in [-0.25, -0.2) is 19.4 Å². The minimum Gasteiger partial charge on any atom is -0.448 e. The number of terminal acetylenes is 1. The summed E-state index contributed by atoms with van der Waals surface area (Å²) in [6, 6.07) is 0. The van der Waals surface area contributed by atoms with E-state index in [0.29, 0.717) is 16.4 Å². The van der Waals surface area contributed by atoms with E-state index in [2.05, 4.69) is 15.9 Å². The lowest BCUT2D eigenvalue weighted by molar-refractivity contribution is 0.141. The van der Waals surface area contributed by atoms with Gasteiger partial charge in [-0.2, -0.15) is 28.4 Å². The molecule has 0 bridgehead atoms. The molecule has 0 spiro atoms. The molecular formula is C14H17N3O5S2. The van der Waals surface area contributed by atoms with E-state index in [1.807, 2.05) is 12.5 Å². The van der Waals surface area contributed by atoms with Crippen LogP contribution in [0.2, 0.25) is 0 Å². The van der Waals surface area contributed by atoms with Crippen molar-refractivity contribution in [3.8, 4) is 12.3 Å². The van der Waals surface area contributed by atoms with Crippen molar-refractivity contribution in [1.82, 2.24) is 9.97 Å². The van der Waals surface area contributed by atoms with Gasteiger partial charge in [0.1, 0.15) is 19.0 Å². The van der Waals surface area contributed by atoms with Gasteiger partial charge in [0, 0.05) is 11.5 Å². The first kappa shape index (κ1) is 19.9. The Morgan fingerprint density at radius 1 is 1.25 bits per heavy atom. The lowest BCUT2D eigenvalue weighted by Crippen LogP contribution is -2.40. The fraction of sp³-hybridized carbons (Fsp3) is 0.429. The van der Waals surface area contributed by atoms with Crippen LogP contribution in [0.25, 0.3) is 0 Å². The molecule has 0 radical (unpaired) electrons. The molecule has 1 aromatic heterocycles. The number of ether oxygens (including phenoxy) is 2. The average molecular weight is 371 g/mol. The number of anilines is 1. The number of imide groups is 1. The van der Waals surface area contributed by atoms with Crippen molar-refractivity contribution in [3.05, 3.63) is 22.2 Å². The first-order chi connectivity index (χ1) is 11.5. The molecule has 0 fully saturated rings. The van der Waals surface area contributed by atoms with E-state index in [4.69, 9.17) is 15.9 Å². The van der Waals surface area contributed by atoms with Crippen molar-refractivity contribution < 1.29 is 19.1 Å². The Balaban J connectivity index is 3.11. The number of rotatable bonds is 7. The predicted octanol–water partition coefficient (Wildman–Crippen LogP) is 1.56. The minimum absolute atomic E-state index is 0.0539. The molecule has 8 nitrogen and oxygen atoms in total. The quantitative estimate of drug-likeness (QED) is 0.569. The van der Waals surface area contributed by atoms with Gasteiger partial charge in [0.15, 0.2) is 0 Å². The monoisotopic (exact) mass is 371 g/mol. The van der Waals surface area contributed by atoms with E-state index in [9.17, 15) is 14.4 Å². The highest BCUT2D eigenvalue weighted by Crippen LogP contribution is 2.17. The maximum Gasteiger partial charge on any atom is 0.425 e. The zero-order valence-corrected chi connectivity index (χ0v) is 14.9. The first-order valence-electron chi connectivity index (χ1n) is 6.72. The summed E-state index contributed by atoms with van der Waals surface area (Å²) in [6.07, 6.45) is 8.14. The zero-order chi connectivity index (χ0) is 17.9. The highest BCUT2D eigenvalue weighted by molar-refractivity contribution is 7.98. The molecule has 1 N–H and O–H groups in total. The van der Waals surface area contributed by atoms with Crippen LogP contribution in [0.15, 0.2) is 11.0 Å². The Morgan fingerprint density at radius 2 is 1.79 bits per heavy atom. The number of nitrogens with one attached hydrogen (secondary N) is 1. The van der Waals surface area contributed by atoms with Gasteiger partial charge in [-0.15, -0.1) is 6.42 Å². The van der Waals surface area contributed by atoms with Crippen molar-refractivity contribution in [1.29, 1.82) is 0 Å². The Bertz CT molecular complexity index is 649. The highest BCUT2D eigenvalue weighted by Gasteiger charge is 2.29. The maximum absolute atomic E-state index is 12.2. The van der Waals surface area contributed by atoms with Gasteiger partial charge < -0.3 is 9.47 Å². The molecule has 0 atom stereocenters. The molecule has 0 aliphatic heterocycles. The predicted molar refractivity (Wildman–Crippen MR) is 94.7 cm³/mol. The molecule has 0 aliphatic rings. The summed E-state index contributed by atoms with van der Waals surface area (Å²) in [5.74, 6) is 3.14. The van der Waals surface area contributed by atoms with E-state index >= 15 is 0 Å². The Labute approximate surface area is 147 Å². The zero-order valence-electron chi connectivity index (χ0n) is 13.2. The second kappa shape index (κ2) is 10.6. The van der Waals surface area contributed by atoms with Gasteiger partial charge in [0.05, 0.1) is 11.8 Å². The molecule has 10 heteroatoms. The van der Waals surface area contributed by atoms with E-state index in [1.54, 1.807) is 0 Å². The van der Waals surface area contributed by atoms with Gasteiger partial charge in [0.2, 0.25) is 0 Å². The molecule has 0 saturated heterocycles. The summed E-state index contributed by atoms with van der Waals surface area (Å²) in [5.41, 5.74) is -0.707. The summed E-state index contributed by atoms with van der Waals surface area (Å²) in [4.78, 5) is 42.3. The fourth-order valence-electron chi connectivity index (χ4n) is 1.48. The van der Waals surface area contributed by atoms with Crippen molar-refractivity contribution >= 4 is 41.5 Å². The second-order valence-corrected chi connectivity index (χ2v) is 6.12. The smallest absolute Gasteiger partial charge is 0.425 e. The molecule has 0 saturated carbocycles. The number of carbonyl (C=O) groups is 2. The summed E-state index contributed by atoms with van der Waals surface area (Å²) in [6.45, 7) is 0.185. The van der Waals surface area contributed by atoms with Crippen LogP contribution in [0.1, 0.15) is 5.56 Å². The highest BCUT2D eigenvalue weighted by atomic mass is 32.2. The third kappa shape index (κ3) is 5.82. The van der Waals surface area contributed by atoms with Crippen LogP contribution in [0.3, 0.4) is 0 Å². The molecule has 0 aromatic carbocycles. The Kier molecular flexibility index (Phi) is 8.81. The van der Waals surface area contributed by atoms with Crippen LogP contribution in [0.5, 0.6) is 0 Å². The summed E-state index contributed by atoms with van der Waals surface area (Å²) in [5, 5.41) is 0. The standard InChI is InChI=1S/C14H17N3O5S2/c1-4-10-9-15-12(18)16-11(10)17(13(19)21-5-7-23-2)14(20)22-6-8-24-3/h1,9H,5-8H2,2-3H3,(H,15,16,18). The number of hydrogen-bond acceptors (Lipinski definition) is 8. The topological polar surface area (TPSA) is 102 Å². The van der Waals surface area contributed by atoms with E-state index in [1.165, 1.54) is 23.5 Å². The van der Waals surface area contributed by atoms with E-state index in [-0.39, 0.29) is 24.6 Å². The van der Waals surface area contributed by atoms with E-state index in [0.717, 1.165) is 6.20 Å². The second-order valence-electron chi connectivity index (χ2n) is 4.14. The summed E-state index contributed by atoms with van der Waals surface area (Å²) >= 11 is 2.94. The molecule has 1 aromatic rings. The van der Waals surface area contributed by atoms with Crippen molar-refractivity contribution in [2.24, 2.45) is 0 Å². The van der Waals surface area contributed by atoms with Crippen molar-refractivity contribution in [2.75, 3.05) is 42.1 Å². The number of aromatic amines is 1. The third-order valence-electron chi connectivity index (χ3n) is 2.56. The van der Waals surface area contributed by atoms with Crippen LogP contribution in [-0.4, -0.2) is 59.4 Å². The number of nitrogens with zero attached hydrogens (tertiary/aromatic N) is 2. The Morgan fingerprint density at radius 3 is 2.25 bits per heavy atom. The van der Waals surface area contributed by atoms with Gasteiger partial charge in [0.25, 0.3) is 0 Å². The van der Waals surface area contributed by atoms with Gasteiger partial charge in [-0.3, -0.25) is 4.98 Å². The van der Waals surface area contributed by atoms with Crippen LogP contribution in [0.4, 0.5) is 15.4 Å². The van der Waals surface area contributed by atoms with Crippen LogP contribution < -0.4 is 10.6 Å². The molecule has 24 heavy (non-hydrogen) atoms. The van der Waals surface area contributed by atoms with Gasteiger partial charge in [-0.05, 0) is 12.5 Å². The number of H-pyrrole nitrogens is 1. The summed E-state index contributed by atoms with van der Waals surface area (Å²) < 4.78 is 10.0. The normalized spacial score (nSPS) is 9.88.